The first-order valence-corrected chi connectivity index (χ1v) is 9.27. The summed E-state index contributed by atoms with van der Waals surface area (Å²) >= 11 is 0. The molecule has 2 rings (SSSR count). The van der Waals surface area contributed by atoms with Gasteiger partial charge < -0.3 is 24.8 Å². The average Bonchev–Trinajstić information content (AvgIpc) is 2.67. The average molecular weight is 380 g/mol. The van der Waals surface area contributed by atoms with Gasteiger partial charge >= 0.3 is 11.9 Å². The molecule has 0 saturated carbocycles. The quantitative estimate of drug-likeness (QED) is 0.621. The number of aliphatic hydroxyl groups excluding tert-OH is 2. The standard InChI is InChI=1S/C20H28O7/c1-14-5-3-2-4-10-26-17(14)20(11-21,12-22)13-27-19(25)16-8-6-15(7-9-16)18(23)24/h6-9,14,17,21-22H,2-5,10-13H2,1H3,(H,23,24). The fraction of sp³-hybridized carbons (Fsp3) is 0.600. The van der Waals surface area contributed by atoms with Crippen LogP contribution in [0.4, 0.5) is 0 Å². The maximum atomic E-state index is 12.3. The van der Waals surface area contributed by atoms with Gasteiger partial charge in [0.05, 0.1) is 35.9 Å². The Hall–Kier alpha value is -1.96. The fourth-order valence-electron chi connectivity index (χ4n) is 3.50. The Morgan fingerprint density at radius 1 is 1.11 bits per heavy atom. The summed E-state index contributed by atoms with van der Waals surface area (Å²) in [6.45, 7) is 1.63. The number of aliphatic hydroxyl groups is 2. The molecule has 1 aliphatic heterocycles. The third kappa shape index (κ3) is 5.28. The molecule has 150 valence electrons. The van der Waals surface area contributed by atoms with Crippen molar-refractivity contribution in [2.75, 3.05) is 26.4 Å². The van der Waals surface area contributed by atoms with E-state index in [1.165, 1.54) is 24.3 Å². The zero-order chi connectivity index (χ0) is 19.9. The molecule has 0 aliphatic carbocycles. The van der Waals surface area contributed by atoms with E-state index in [4.69, 9.17) is 14.6 Å². The Morgan fingerprint density at radius 2 is 1.74 bits per heavy atom. The first-order valence-electron chi connectivity index (χ1n) is 9.27. The van der Waals surface area contributed by atoms with Gasteiger partial charge in [-0.15, -0.1) is 0 Å². The third-order valence-electron chi connectivity index (χ3n) is 5.21. The Morgan fingerprint density at radius 3 is 2.33 bits per heavy atom. The highest BCUT2D eigenvalue weighted by molar-refractivity contribution is 5.92. The van der Waals surface area contributed by atoms with Gasteiger partial charge in [0.2, 0.25) is 0 Å². The molecule has 7 nitrogen and oxygen atoms in total. The van der Waals surface area contributed by atoms with Crippen molar-refractivity contribution in [2.45, 2.75) is 38.7 Å². The molecule has 0 amide bonds. The maximum Gasteiger partial charge on any atom is 0.338 e. The van der Waals surface area contributed by atoms with E-state index in [0.717, 1.165) is 25.7 Å². The van der Waals surface area contributed by atoms with Crippen molar-refractivity contribution < 1.29 is 34.4 Å². The number of carbonyl (C=O) groups is 2. The number of hydrogen-bond donors (Lipinski definition) is 3. The van der Waals surface area contributed by atoms with E-state index < -0.39 is 23.5 Å². The smallest absolute Gasteiger partial charge is 0.338 e. The van der Waals surface area contributed by atoms with Crippen LogP contribution in [0.3, 0.4) is 0 Å². The zero-order valence-electron chi connectivity index (χ0n) is 15.6. The summed E-state index contributed by atoms with van der Waals surface area (Å²) in [6, 6.07) is 5.40. The van der Waals surface area contributed by atoms with Gasteiger partial charge in [0.1, 0.15) is 6.61 Å². The highest BCUT2D eigenvalue weighted by Gasteiger charge is 2.43. The van der Waals surface area contributed by atoms with Crippen molar-refractivity contribution in [1.82, 2.24) is 0 Å². The minimum absolute atomic E-state index is 0.0726. The van der Waals surface area contributed by atoms with Gasteiger partial charge in [-0.2, -0.15) is 0 Å². The molecule has 1 heterocycles. The molecular formula is C20H28O7. The van der Waals surface area contributed by atoms with Gasteiger partial charge in [-0.3, -0.25) is 0 Å². The minimum Gasteiger partial charge on any atom is -0.478 e. The Labute approximate surface area is 158 Å². The predicted octanol–water partition coefficient (Wildman–Crippen LogP) is 2.11. The lowest BCUT2D eigenvalue weighted by molar-refractivity contribution is -0.140. The molecule has 3 N–H and O–H groups in total. The number of rotatable bonds is 7. The minimum atomic E-state index is -1.09. The number of ether oxygens (including phenoxy) is 2. The van der Waals surface area contributed by atoms with E-state index in [1.807, 2.05) is 6.92 Å². The molecule has 1 fully saturated rings. The van der Waals surface area contributed by atoms with E-state index in [1.54, 1.807) is 0 Å². The number of hydrogen-bond acceptors (Lipinski definition) is 6. The van der Waals surface area contributed by atoms with Gasteiger partial charge in [-0.1, -0.05) is 19.8 Å². The fourth-order valence-corrected chi connectivity index (χ4v) is 3.50. The summed E-state index contributed by atoms with van der Waals surface area (Å²) in [5.74, 6) is -1.61. The van der Waals surface area contributed by atoms with Crippen LogP contribution >= 0.6 is 0 Å². The third-order valence-corrected chi connectivity index (χ3v) is 5.21. The maximum absolute atomic E-state index is 12.3. The van der Waals surface area contributed by atoms with Crippen molar-refractivity contribution >= 4 is 11.9 Å². The van der Waals surface area contributed by atoms with Crippen molar-refractivity contribution in [3.63, 3.8) is 0 Å². The topological polar surface area (TPSA) is 113 Å². The van der Waals surface area contributed by atoms with Crippen LogP contribution < -0.4 is 0 Å². The van der Waals surface area contributed by atoms with E-state index in [0.29, 0.717) is 6.61 Å². The molecule has 0 bridgehead atoms. The van der Waals surface area contributed by atoms with Gasteiger partial charge in [0.25, 0.3) is 0 Å². The number of carboxylic acids is 1. The molecule has 7 heteroatoms. The van der Waals surface area contributed by atoms with Crippen LogP contribution in [-0.2, 0) is 9.47 Å². The van der Waals surface area contributed by atoms with E-state index in [9.17, 15) is 19.8 Å². The van der Waals surface area contributed by atoms with Crippen LogP contribution in [0.15, 0.2) is 24.3 Å². The molecule has 0 aromatic heterocycles. The van der Waals surface area contributed by atoms with Crippen molar-refractivity contribution in [3.8, 4) is 0 Å². The van der Waals surface area contributed by atoms with Crippen molar-refractivity contribution in [2.24, 2.45) is 11.3 Å². The number of carbonyl (C=O) groups excluding carboxylic acids is 1. The summed E-state index contributed by atoms with van der Waals surface area (Å²) in [6.07, 6.45) is 3.56. The van der Waals surface area contributed by atoms with E-state index in [-0.39, 0.29) is 36.9 Å². The van der Waals surface area contributed by atoms with Crippen molar-refractivity contribution in [1.29, 1.82) is 0 Å². The number of aromatic carboxylic acids is 1. The molecule has 1 saturated heterocycles. The van der Waals surface area contributed by atoms with Gasteiger partial charge in [-0.05, 0) is 43.0 Å². The van der Waals surface area contributed by atoms with E-state index in [2.05, 4.69) is 0 Å². The summed E-state index contributed by atoms with van der Waals surface area (Å²) in [7, 11) is 0. The Kier molecular flexibility index (Phi) is 7.77. The zero-order valence-corrected chi connectivity index (χ0v) is 15.6. The first kappa shape index (κ1) is 21.3. The number of esters is 1. The highest BCUT2D eigenvalue weighted by Crippen LogP contribution is 2.34. The monoisotopic (exact) mass is 380 g/mol. The molecule has 1 aromatic rings. The first-order chi connectivity index (χ1) is 12.9. The molecule has 0 radical (unpaired) electrons. The SMILES string of the molecule is CC1CCCCCOC1C(CO)(CO)COC(=O)c1ccc(C(=O)O)cc1. The van der Waals surface area contributed by atoms with Gasteiger partial charge in [-0.25, -0.2) is 9.59 Å². The number of carboxylic acid groups (broad SMARTS) is 1. The van der Waals surface area contributed by atoms with Gasteiger partial charge in [0.15, 0.2) is 0 Å². The highest BCUT2D eigenvalue weighted by atomic mass is 16.5. The molecule has 0 spiro atoms. The van der Waals surface area contributed by atoms with Crippen LogP contribution in [0.1, 0.15) is 53.3 Å². The largest absolute Gasteiger partial charge is 0.478 e. The summed E-state index contributed by atoms with van der Waals surface area (Å²) < 4.78 is 11.3. The summed E-state index contributed by atoms with van der Waals surface area (Å²) in [5, 5.41) is 28.9. The molecule has 2 unspecified atom stereocenters. The second kappa shape index (κ2) is 9.82. The molecule has 27 heavy (non-hydrogen) atoms. The van der Waals surface area contributed by atoms with Gasteiger partial charge in [0, 0.05) is 6.61 Å². The van der Waals surface area contributed by atoms with Crippen LogP contribution in [-0.4, -0.2) is 59.8 Å². The Balaban J connectivity index is 2.09. The number of benzene rings is 1. The lowest BCUT2D eigenvalue weighted by atomic mass is 9.76. The normalized spacial score (nSPS) is 21.1. The molecule has 1 aromatic carbocycles. The van der Waals surface area contributed by atoms with Crippen LogP contribution in [0.25, 0.3) is 0 Å². The lowest BCUT2D eigenvalue weighted by Gasteiger charge is -2.41. The van der Waals surface area contributed by atoms with Crippen LogP contribution in [0.5, 0.6) is 0 Å². The van der Waals surface area contributed by atoms with Crippen LogP contribution in [0.2, 0.25) is 0 Å². The predicted molar refractivity (Wildman–Crippen MR) is 97.7 cm³/mol. The Bertz CT molecular complexity index is 622. The summed E-state index contributed by atoms with van der Waals surface area (Å²) in [5.41, 5.74) is -0.812. The van der Waals surface area contributed by atoms with Crippen molar-refractivity contribution in [3.05, 3.63) is 35.4 Å². The summed E-state index contributed by atoms with van der Waals surface area (Å²) in [4.78, 5) is 23.2. The molecule has 2 atom stereocenters. The second-order valence-corrected chi connectivity index (χ2v) is 7.26. The second-order valence-electron chi connectivity index (χ2n) is 7.26. The molecular weight excluding hydrogens is 352 g/mol. The van der Waals surface area contributed by atoms with E-state index >= 15 is 0 Å². The van der Waals surface area contributed by atoms with Crippen LogP contribution in [0, 0.1) is 11.3 Å². The molecule has 1 aliphatic rings. The lowest BCUT2D eigenvalue weighted by Crippen LogP contribution is -2.51.